The molecule has 2 N–H and O–H groups in total. The van der Waals surface area contributed by atoms with E-state index in [9.17, 15) is 14.7 Å². The number of rotatable bonds is 8. The van der Waals surface area contributed by atoms with Gasteiger partial charge in [-0.15, -0.1) is 0 Å². The van der Waals surface area contributed by atoms with Gasteiger partial charge in [-0.3, -0.25) is 14.9 Å². The number of benzene rings is 2. The van der Waals surface area contributed by atoms with Crippen molar-refractivity contribution in [2.75, 3.05) is 13.2 Å². The van der Waals surface area contributed by atoms with Crippen molar-refractivity contribution in [1.82, 2.24) is 5.32 Å². The number of carboxylic acid groups (broad SMARTS) is 1. The van der Waals surface area contributed by atoms with E-state index in [2.05, 4.69) is 29.6 Å². The lowest BCUT2D eigenvalue weighted by Crippen LogP contribution is -2.44. The Hall–Kier alpha value is -2.66. The smallest absolute Gasteiger partial charge is 0.320 e. The third-order valence-electron chi connectivity index (χ3n) is 5.32. The second kappa shape index (κ2) is 8.35. The van der Waals surface area contributed by atoms with Crippen LogP contribution in [0.2, 0.25) is 0 Å². The minimum absolute atomic E-state index is 0.00573. The monoisotopic (exact) mass is 367 g/mol. The molecule has 5 heteroatoms. The van der Waals surface area contributed by atoms with Gasteiger partial charge in [-0.1, -0.05) is 68.8 Å². The van der Waals surface area contributed by atoms with Crippen molar-refractivity contribution in [3.8, 4) is 11.1 Å². The van der Waals surface area contributed by atoms with Gasteiger partial charge in [0.05, 0.1) is 6.54 Å². The van der Waals surface area contributed by atoms with Gasteiger partial charge in [0.25, 0.3) is 0 Å². The van der Waals surface area contributed by atoms with E-state index in [-0.39, 0.29) is 25.0 Å². The Morgan fingerprint density at radius 2 is 1.63 bits per heavy atom. The van der Waals surface area contributed by atoms with E-state index in [1.165, 1.54) is 11.1 Å². The summed E-state index contributed by atoms with van der Waals surface area (Å²) in [5.41, 5.74) is 4.66. The van der Waals surface area contributed by atoms with Crippen LogP contribution in [0.1, 0.15) is 37.3 Å². The molecule has 0 saturated heterocycles. The second-order valence-electron chi connectivity index (χ2n) is 6.99. The normalized spacial score (nSPS) is 14.9. The molecule has 5 nitrogen and oxygen atoms in total. The average molecular weight is 367 g/mol. The summed E-state index contributed by atoms with van der Waals surface area (Å²) >= 11 is 0. The lowest BCUT2D eigenvalue weighted by molar-refractivity contribution is -0.144. The summed E-state index contributed by atoms with van der Waals surface area (Å²) in [7, 11) is 0. The van der Waals surface area contributed by atoms with E-state index in [0.717, 1.165) is 11.1 Å². The molecule has 0 aliphatic heterocycles. The fourth-order valence-electron chi connectivity index (χ4n) is 3.63. The Balaban J connectivity index is 1.63. The SMILES string of the molecule is CC[C@H](C)[C@H](NCC(=O)OCC1c2ccccc2-c2ccccc21)C(=O)O. The minimum atomic E-state index is -0.948. The number of esters is 1. The Morgan fingerprint density at radius 3 is 2.15 bits per heavy atom. The van der Waals surface area contributed by atoms with Crippen LogP contribution in [0, 0.1) is 5.92 Å². The molecule has 2 aromatic rings. The first-order valence-electron chi connectivity index (χ1n) is 9.33. The van der Waals surface area contributed by atoms with Gasteiger partial charge in [0, 0.05) is 5.92 Å². The van der Waals surface area contributed by atoms with Gasteiger partial charge < -0.3 is 9.84 Å². The largest absolute Gasteiger partial charge is 0.480 e. The van der Waals surface area contributed by atoms with Crippen molar-refractivity contribution in [1.29, 1.82) is 0 Å². The fourth-order valence-corrected chi connectivity index (χ4v) is 3.63. The highest BCUT2D eigenvalue weighted by molar-refractivity contribution is 5.79. The van der Waals surface area contributed by atoms with E-state index >= 15 is 0 Å². The molecule has 27 heavy (non-hydrogen) atoms. The molecule has 3 rings (SSSR count). The van der Waals surface area contributed by atoms with Crippen LogP contribution in [-0.2, 0) is 14.3 Å². The van der Waals surface area contributed by atoms with Crippen LogP contribution in [0.4, 0.5) is 0 Å². The molecule has 0 spiro atoms. The quantitative estimate of drug-likeness (QED) is 0.699. The molecule has 0 heterocycles. The minimum Gasteiger partial charge on any atom is -0.480 e. The average Bonchev–Trinajstić information content (AvgIpc) is 3.00. The van der Waals surface area contributed by atoms with Crippen LogP contribution < -0.4 is 5.32 Å². The summed E-state index contributed by atoms with van der Waals surface area (Å²) in [5.74, 6) is -1.45. The number of carbonyl (C=O) groups is 2. The zero-order valence-corrected chi connectivity index (χ0v) is 15.6. The topological polar surface area (TPSA) is 75.6 Å². The molecular weight excluding hydrogens is 342 g/mol. The molecule has 0 amide bonds. The predicted octanol–water partition coefficient (Wildman–Crippen LogP) is 3.43. The van der Waals surface area contributed by atoms with Gasteiger partial charge in [-0.05, 0) is 28.2 Å². The maximum Gasteiger partial charge on any atom is 0.320 e. The van der Waals surface area contributed by atoms with Gasteiger partial charge in [-0.2, -0.15) is 0 Å². The summed E-state index contributed by atoms with van der Waals surface area (Å²) in [6, 6.07) is 15.5. The number of nitrogens with one attached hydrogen (secondary N) is 1. The highest BCUT2D eigenvalue weighted by atomic mass is 16.5. The van der Waals surface area contributed by atoms with Crippen LogP contribution in [0.5, 0.6) is 0 Å². The number of fused-ring (bicyclic) bond motifs is 3. The Morgan fingerprint density at radius 1 is 1.07 bits per heavy atom. The Bertz CT molecular complexity index is 787. The first-order chi connectivity index (χ1) is 13.0. The van der Waals surface area contributed by atoms with Crippen molar-refractivity contribution >= 4 is 11.9 Å². The van der Waals surface area contributed by atoms with Crippen molar-refractivity contribution in [2.24, 2.45) is 5.92 Å². The first kappa shape index (κ1) is 19.1. The molecule has 0 radical (unpaired) electrons. The zero-order valence-electron chi connectivity index (χ0n) is 15.6. The Labute approximate surface area is 159 Å². The number of aliphatic carboxylic acids is 1. The van der Waals surface area contributed by atoms with Crippen molar-refractivity contribution in [2.45, 2.75) is 32.2 Å². The van der Waals surface area contributed by atoms with E-state index in [1.807, 2.05) is 38.1 Å². The maximum absolute atomic E-state index is 12.2. The molecule has 0 bridgehead atoms. The molecule has 142 valence electrons. The molecule has 0 saturated carbocycles. The van der Waals surface area contributed by atoms with Gasteiger partial charge in [0.1, 0.15) is 12.6 Å². The van der Waals surface area contributed by atoms with Crippen molar-refractivity contribution in [3.05, 3.63) is 59.7 Å². The second-order valence-corrected chi connectivity index (χ2v) is 6.99. The molecular formula is C22H25NO4. The zero-order chi connectivity index (χ0) is 19.4. The van der Waals surface area contributed by atoms with Crippen LogP contribution >= 0.6 is 0 Å². The highest BCUT2D eigenvalue weighted by Crippen LogP contribution is 2.44. The number of carboxylic acids is 1. The summed E-state index contributed by atoms with van der Waals surface area (Å²) in [6.07, 6.45) is 0.717. The number of hydrogen-bond donors (Lipinski definition) is 2. The third kappa shape index (κ3) is 4.03. The molecule has 0 fully saturated rings. The highest BCUT2D eigenvalue weighted by Gasteiger charge is 2.29. The van der Waals surface area contributed by atoms with Gasteiger partial charge in [-0.25, -0.2) is 0 Å². The number of hydrogen-bond acceptors (Lipinski definition) is 4. The molecule has 1 aliphatic rings. The van der Waals surface area contributed by atoms with Gasteiger partial charge >= 0.3 is 11.9 Å². The predicted molar refractivity (Wildman–Crippen MR) is 104 cm³/mol. The lowest BCUT2D eigenvalue weighted by atomic mass is 9.98. The standard InChI is InChI=1S/C22H25NO4/c1-3-14(2)21(22(25)26)23-12-20(24)27-13-19-17-10-6-4-8-15(17)16-9-5-7-11-18(16)19/h4-11,14,19,21,23H,3,12-13H2,1-2H3,(H,25,26)/t14-,21-/m0/s1. The van der Waals surface area contributed by atoms with Crippen molar-refractivity contribution in [3.63, 3.8) is 0 Å². The van der Waals surface area contributed by atoms with Gasteiger partial charge in [0.2, 0.25) is 0 Å². The molecule has 2 aromatic carbocycles. The van der Waals surface area contributed by atoms with E-state index in [4.69, 9.17) is 4.74 Å². The van der Waals surface area contributed by atoms with Crippen molar-refractivity contribution < 1.29 is 19.4 Å². The number of ether oxygens (including phenoxy) is 1. The van der Waals surface area contributed by atoms with E-state index in [0.29, 0.717) is 6.42 Å². The first-order valence-corrected chi connectivity index (χ1v) is 9.33. The lowest BCUT2D eigenvalue weighted by Gasteiger charge is -2.20. The summed E-state index contributed by atoms with van der Waals surface area (Å²) < 4.78 is 5.49. The van der Waals surface area contributed by atoms with E-state index in [1.54, 1.807) is 0 Å². The molecule has 1 aliphatic carbocycles. The Kier molecular flexibility index (Phi) is 5.91. The third-order valence-corrected chi connectivity index (χ3v) is 5.32. The molecule has 0 aromatic heterocycles. The summed E-state index contributed by atoms with van der Waals surface area (Å²) in [4.78, 5) is 23.5. The van der Waals surface area contributed by atoms with Gasteiger partial charge in [0.15, 0.2) is 0 Å². The molecule has 0 unspecified atom stereocenters. The summed E-state index contributed by atoms with van der Waals surface area (Å²) in [5, 5.41) is 12.1. The van der Waals surface area contributed by atoms with E-state index < -0.39 is 18.0 Å². The van der Waals surface area contributed by atoms with Crippen LogP contribution in [0.15, 0.2) is 48.5 Å². The number of carbonyl (C=O) groups excluding carboxylic acids is 1. The van der Waals surface area contributed by atoms with Crippen LogP contribution in [-0.4, -0.2) is 36.2 Å². The van der Waals surface area contributed by atoms with Crippen LogP contribution in [0.25, 0.3) is 11.1 Å². The van der Waals surface area contributed by atoms with Crippen LogP contribution in [0.3, 0.4) is 0 Å². The fraction of sp³-hybridized carbons (Fsp3) is 0.364. The molecule has 2 atom stereocenters. The summed E-state index contributed by atoms with van der Waals surface area (Å²) in [6.45, 7) is 3.91. The maximum atomic E-state index is 12.2.